The molecule has 0 saturated carbocycles. The van der Waals surface area contributed by atoms with Gasteiger partial charge in [-0.3, -0.25) is 0 Å². The average Bonchev–Trinajstić information content (AvgIpc) is 2.48. The molecule has 0 unspecified atom stereocenters. The number of ether oxygens (including phenoxy) is 2. The number of hydrogen-bond donors (Lipinski definition) is 2. The van der Waals surface area contributed by atoms with Crippen molar-refractivity contribution in [2.75, 3.05) is 19.0 Å². The van der Waals surface area contributed by atoms with Gasteiger partial charge in [0.1, 0.15) is 0 Å². The van der Waals surface area contributed by atoms with Crippen molar-refractivity contribution >= 4 is 5.69 Å². The Hall–Kier alpha value is -2.43. The van der Waals surface area contributed by atoms with E-state index in [1.807, 2.05) is 25.1 Å². The van der Waals surface area contributed by atoms with Crippen molar-refractivity contribution in [2.24, 2.45) is 0 Å². The lowest BCUT2D eigenvalue weighted by molar-refractivity contribution is 0.327. The lowest BCUT2D eigenvalue weighted by atomic mass is 10.2. The Morgan fingerprint density at radius 1 is 1.25 bits per heavy atom. The number of phenolic OH excluding ortho intramolecular Hbond substituents is 1. The van der Waals surface area contributed by atoms with Crippen molar-refractivity contribution in [1.29, 1.82) is 0 Å². The molecule has 20 heavy (non-hydrogen) atoms. The molecule has 1 aromatic carbocycles. The van der Waals surface area contributed by atoms with E-state index in [4.69, 9.17) is 9.47 Å². The molecule has 0 fully saturated rings. The summed E-state index contributed by atoms with van der Waals surface area (Å²) >= 11 is 0. The molecule has 0 bridgehead atoms. The van der Waals surface area contributed by atoms with Gasteiger partial charge in [0.25, 0.3) is 0 Å². The second kappa shape index (κ2) is 6.65. The maximum absolute atomic E-state index is 9.53. The zero-order chi connectivity index (χ0) is 14.4. The molecular formula is C15H18N2O3. The van der Waals surface area contributed by atoms with Crippen LogP contribution in [0.1, 0.15) is 12.5 Å². The predicted molar refractivity (Wildman–Crippen MR) is 77.4 cm³/mol. The number of nitrogens with zero attached hydrogens (tertiary/aromatic N) is 1. The molecule has 2 rings (SSSR count). The van der Waals surface area contributed by atoms with Crippen LogP contribution in [0.25, 0.3) is 0 Å². The molecule has 0 atom stereocenters. The fraction of sp³-hybridized carbons (Fsp3) is 0.267. The smallest absolute Gasteiger partial charge is 0.213 e. The Balaban J connectivity index is 1.97. The predicted octanol–water partition coefficient (Wildman–Crippen LogP) is 2.81. The summed E-state index contributed by atoms with van der Waals surface area (Å²) in [5.74, 6) is 1.22. The third-order valence-electron chi connectivity index (χ3n) is 2.77. The minimum Gasteiger partial charge on any atom is -0.504 e. The van der Waals surface area contributed by atoms with Gasteiger partial charge in [-0.1, -0.05) is 6.07 Å². The second-order valence-corrected chi connectivity index (χ2v) is 4.18. The highest BCUT2D eigenvalue weighted by molar-refractivity contribution is 5.45. The lowest BCUT2D eigenvalue weighted by Crippen LogP contribution is -2.01. The van der Waals surface area contributed by atoms with E-state index >= 15 is 0 Å². The molecule has 2 aromatic rings. The topological polar surface area (TPSA) is 63.6 Å². The SMILES string of the molecule is CCOc1ccc(NCc2ccc(O)c(OC)c2)cn1. The molecule has 0 aliphatic rings. The molecule has 0 amide bonds. The van der Waals surface area contributed by atoms with Crippen molar-refractivity contribution < 1.29 is 14.6 Å². The number of nitrogens with one attached hydrogen (secondary N) is 1. The van der Waals surface area contributed by atoms with Gasteiger partial charge >= 0.3 is 0 Å². The van der Waals surface area contributed by atoms with Crippen LogP contribution >= 0.6 is 0 Å². The van der Waals surface area contributed by atoms with Gasteiger partial charge in [-0.05, 0) is 30.7 Å². The second-order valence-electron chi connectivity index (χ2n) is 4.18. The van der Waals surface area contributed by atoms with Crippen LogP contribution in [0.2, 0.25) is 0 Å². The van der Waals surface area contributed by atoms with E-state index in [1.165, 1.54) is 7.11 Å². The molecule has 2 N–H and O–H groups in total. The number of rotatable bonds is 6. The fourth-order valence-electron chi connectivity index (χ4n) is 1.75. The third-order valence-corrected chi connectivity index (χ3v) is 2.77. The van der Waals surface area contributed by atoms with Crippen LogP contribution in [0.15, 0.2) is 36.5 Å². The first-order chi connectivity index (χ1) is 9.72. The first-order valence-corrected chi connectivity index (χ1v) is 6.41. The summed E-state index contributed by atoms with van der Waals surface area (Å²) < 4.78 is 10.4. The van der Waals surface area contributed by atoms with Crippen LogP contribution in [0.4, 0.5) is 5.69 Å². The molecule has 0 spiro atoms. The molecule has 0 aliphatic heterocycles. The van der Waals surface area contributed by atoms with Gasteiger partial charge in [0.2, 0.25) is 5.88 Å². The highest BCUT2D eigenvalue weighted by atomic mass is 16.5. The first-order valence-electron chi connectivity index (χ1n) is 6.41. The van der Waals surface area contributed by atoms with Gasteiger partial charge < -0.3 is 19.9 Å². The zero-order valence-corrected chi connectivity index (χ0v) is 11.6. The quantitative estimate of drug-likeness (QED) is 0.848. The molecule has 106 valence electrons. The van der Waals surface area contributed by atoms with Crippen molar-refractivity contribution in [1.82, 2.24) is 4.98 Å². The normalized spacial score (nSPS) is 10.1. The van der Waals surface area contributed by atoms with E-state index in [0.717, 1.165) is 11.3 Å². The average molecular weight is 274 g/mol. The Morgan fingerprint density at radius 3 is 2.75 bits per heavy atom. The Bertz CT molecular complexity index is 556. The molecule has 0 radical (unpaired) electrons. The molecule has 5 nitrogen and oxygen atoms in total. The van der Waals surface area contributed by atoms with Crippen LogP contribution < -0.4 is 14.8 Å². The summed E-state index contributed by atoms with van der Waals surface area (Å²) in [5.41, 5.74) is 1.91. The van der Waals surface area contributed by atoms with E-state index < -0.39 is 0 Å². The van der Waals surface area contributed by atoms with Crippen LogP contribution in [-0.2, 0) is 6.54 Å². The minimum absolute atomic E-state index is 0.138. The lowest BCUT2D eigenvalue weighted by Gasteiger charge is -2.09. The summed E-state index contributed by atoms with van der Waals surface area (Å²) in [5, 5.41) is 12.8. The summed E-state index contributed by atoms with van der Waals surface area (Å²) in [6.45, 7) is 3.14. The third kappa shape index (κ3) is 3.54. The van der Waals surface area contributed by atoms with Crippen LogP contribution in [0.3, 0.4) is 0 Å². The summed E-state index contributed by atoms with van der Waals surface area (Å²) in [6, 6.07) is 8.99. The summed E-state index contributed by atoms with van der Waals surface area (Å²) in [6.07, 6.45) is 1.72. The monoisotopic (exact) mass is 274 g/mol. The zero-order valence-electron chi connectivity index (χ0n) is 11.6. The van der Waals surface area contributed by atoms with E-state index in [9.17, 15) is 5.11 Å². The van der Waals surface area contributed by atoms with Gasteiger partial charge in [0, 0.05) is 12.6 Å². The standard InChI is InChI=1S/C15H18N2O3/c1-3-20-15-7-5-12(10-17-15)16-9-11-4-6-13(18)14(8-11)19-2/h4-8,10,16,18H,3,9H2,1-2H3. The van der Waals surface area contributed by atoms with Crippen molar-refractivity contribution in [3.8, 4) is 17.4 Å². The van der Waals surface area contributed by atoms with Crippen LogP contribution in [0.5, 0.6) is 17.4 Å². The molecule has 1 aromatic heterocycles. The molecule has 5 heteroatoms. The van der Waals surface area contributed by atoms with E-state index in [2.05, 4.69) is 10.3 Å². The van der Waals surface area contributed by atoms with Gasteiger partial charge in [-0.2, -0.15) is 0 Å². The number of hydrogen-bond acceptors (Lipinski definition) is 5. The maximum Gasteiger partial charge on any atom is 0.213 e. The Morgan fingerprint density at radius 2 is 2.10 bits per heavy atom. The van der Waals surface area contributed by atoms with Crippen LogP contribution in [-0.4, -0.2) is 23.8 Å². The Labute approximate surface area is 118 Å². The fourth-order valence-corrected chi connectivity index (χ4v) is 1.75. The number of aromatic hydroxyl groups is 1. The van der Waals surface area contributed by atoms with Gasteiger partial charge in [0.05, 0.1) is 25.6 Å². The summed E-state index contributed by atoms with van der Waals surface area (Å²) in [4.78, 5) is 4.18. The van der Waals surface area contributed by atoms with E-state index in [-0.39, 0.29) is 5.75 Å². The van der Waals surface area contributed by atoms with Gasteiger partial charge in [-0.25, -0.2) is 4.98 Å². The van der Waals surface area contributed by atoms with Crippen molar-refractivity contribution in [3.63, 3.8) is 0 Å². The highest BCUT2D eigenvalue weighted by Gasteiger charge is 2.03. The van der Waals surface area contributed by atoms with E-state index in [1.54, 1.807) is 18.3 Å². The molecular weight excluding hydrogens is 256 g/mol. The highest BCUT2D eigenvalue weighted by Crippen LogP contribution is 2.26. The number of phenols is 1. The molecule has 0 saturated heterocycles. The maximum atomic E-state index is 9.53. The number of aromatic nitrogens is 1. The van der Waals surface area contributed by atoms with Gasteiger partial charge in [0.15, 0.2) is 11.5 Å². The number of methoxy groups -OCH3 is 1. The van der Waals surface area contributed by atoms with Crippen molar-refractivity contribution in [3.05, 3.63) is 42.1 Å². The molecule has 0 aliphatic carbocycles. The Kier molecular flexibility index (Phi) is 4.65. The minimum atomic E-state index is 0.138. The van der Waals surface area contributed by atoms with Gasteiger partial charge in [-0.15, -0.1) is 0 Å². The summed E-state index contributed by atoms with van der Waals surface area (Å²) in [7, 11) is 1.53. The first kappa shape index (κ1) is 14.0. The van der Waals surface area contributed by atoms with E-state index in [0.29, 0.717) is 24.8 Å². The molecule has 1 heterocycles. The van der Waals surface area contributed by atoms with Crippen LogP contribution in [0, 0.1) is 0 Å². The number of anilines is 1. The largest absolute Gasteiger partial charge is 0.504 e. The van der Waals surface area contributed by atoms with Crippen molar-refractivity contribution in [2.45, 2.75) is 13.5 Å². The number of benzene rings is 1. The number of pyridine rings is 1.